The summed E-state index contributed by atoms with van der Waals surface area (Å²) >= 11 is 0. The fraction of sp³-hybridized carbons (Fsp3) is 0.462. The summed E-state index contributed by atoms with van der Waals surface area (Å²) in [6.07, 6.45) is 0.118. The number of nitrogens with zero attached hydrogens (tertiary/aromatic N) is 1. The van der Waals surface area contributed by atoms with Crippen molar-refractivity contribution in [3.63, 3.8) is 0 Å². The summed E-state index contributed by atoms with van der Waals surface area (Å²) in [5, 5.41) is 2.46. The molecule has 0 bridgehead atoms. The third-order valence-corrected chi connectivity index (χ3v) is 5.15. The van der Waals surface area contributed by atoms with Crippen LogP contribution in [0.1, 0.15) is 17.5 Å². The molecular formula is C13H21N3O3S. The Balaban J connectivity index is 3.08. The average molecular weight is 299 g/mol. The second-order valence-electron chi connectivity index (χ2n) is 4.73. The number of nitrogens with two attached hydrogens (primary N) is 1. The van der Waals surface area contributed by atoms with E-state index in [-0.39, 0.29) is 23.8 Å². The summed E-state index contributed by atoms with van der Waals surface area (Å²) in [6.45, 7) is 3.59. The molecule has 1 aromatic rings. The van der Waals surface area contributed by atoms with Crippen LogP contribution in [0.2, 0.25) is 0 Å². The van der Waals surface area contributed by atoms with Gasteiger partial charge in [0.1, 0.15) is 0 Å². The Morgan fingerprint density at radius 2 is 1.95 bits per heavy atom. The number of hydrogen-bond acceptors (Lipinski definition) is 4. The Bertz CT molecular complexity index is 612. The van der Waals surface area contributed by atoms with Crippen molar-refractivity contribution in [1.82, 2.24) is 9.62 Å². The summed E-state index contributed by atoms with van der Waals surface area (Å²) in [5.41, 5.74) is 7.58. The first kappa shape index (κ1) is 16.5. The van der Waals surface area contributed by atoms with Crippen LogP contribution in [0.5, 0.6) is 0 Å². The number of benzene rings is 1. The molecule has 1 rings (SSSR count). The van der Waals surface area contributed by atoms with Crippen molar-refractivity contribution >= 4 is 21.6 Å². The third-order valence-electron chi connectivity index (χ3n) is 3.17. The lowest BCUT2D eigenvalue weighted by Gasteiger charge is -2.19. The van der Waals surface area contributed by atoms with Gasteiger partial charge in [-0.15, -0.1) is 0 Å². The lowest BCUT2D eigenvalue weighted by atomic mass is 10.1. The number of hydrogen-bond donors (Lipinski definition) is 2. The van der Waals surface area contributed by atoms with Crippen molar-refractivity contribution in [3.8, 4) is 0 Å². The normalized spacial score (nSPS) is 11.7. The first-order valence-corrected chi connectivity index (χ1v) is 7.67. The molecule has 0 saturated heterocycles. The fourth-order valence-corrected chi connectivity index (χ4v) is 3.30. The highest BCUT2D eigenvalue weighted by atomic mass is 32.2. The van der Waals surface area contributed by atoms with E-state index < -0.39 is 10.0 Å². The van der Waals surface area contributed by atoms with Gasteiger partial charge < -0.3 is 11.1 Å². The van der Waals surface area contributed by atoms with Gasteiger partial charge >= 0.3 is 0 Å². The maximum atomic E-state index is 12.5. The lowest BCUT2D eigenvalue weighted by molar-refractivity contribution is -0.120. The van der Waals surface area contributed by atoms with E-state index in [1.54, 1.807) is 26.0 Å². The molecule has 20 heavy (non-hydrogen) atoms. The van der Waals surface area contributed by atoms with Gasteiger partial charge in [-0.25, -0.2) is 12.7 Å². The van der Waals surface area contributed by atoms with Crippen molar-refractivity contribution in [2.45, 2.75) is 25.2 Å². The van der Waals surface area contributed by atoms with E-state index in [0.717, 1.165) is 5.56 Å². The maximum Gasteiger partial charge on any atom is 0.243 e. The molecule has 7 heteroatoms. The number of aryl methyl sites for hydroxylation is 1. The van der Waals surface area contributed by atoms with Crippen LogP contribution in [0, 0.1) is 13.8 Å². The van der Waals surface area contributed by atoms with E-state index in [9.17, 15) is 13.2 Å². The zero-order chi connectivity index (χ0) is 15.5. The average Bonchev–Trinajstić information content (AvgIpc) is 2.39. The number of rotatable bonds is 5. The van der Waals surface area contributed by atoms with Crippen LogP contribution in [0.4, 0.5) is 5.69 Å². The van der Waals surface area contributed by atoms with Crippen LogP contribution < -0.4 is 11.1 Å². The molecule has 0 fully saturated rings. The van der Waals surface area contributed by atoms with Crippen LogP contribution in [-0.4, -0.2) is 39.3 Å². The van der Waals surface area contributed by atoms with Crippen LogP contribution in [0.3, 0.4) is 0 Å². The third kappa shape index (κ3) is 3.49. The highest BCUT2D eigenvalue weighted by Crippen LogP contribution is 2.25. The van der Waals surface area contributed by atoms with Crippen molar-refractivity contribution in [1.29, 1.82) is 0 Å². The van der Waals surface area contributed by atoms with Gasteiger partial charge in [-0.05, 0) is 37.1 Å². The van der Waals surface area contributed by atoms with Crippen molar-refractivity contribution in [3.05, 3.63) is 23.3 Å². The quantitative estimate of drug-likeness (QED) is 0.780. The van der Waals surface area contributed by atoms with Gasteiger partial charge in [0.25, 0.3) is 0 Å². The molecule has 112 valence electrons. The molecule has 0 aliphatic heterocycles. The topological polar surface area (TPSA) is 92.5 Å². The highest BCUT2D eigenvalue weighted by molar-refractivity contribution is 7.89. The molecule has 3 N–H and O–H groups in total. The largest absolute Gasteiger partial charge is 0.398 e. The maximum absolute atomic E-state index is 12.5. The molecule has 0 aliphatic rings. The summed E-state index contributed by atoms with van der Waals surface area (Å²) in [7, 11) is -0.675. The molecule has 0 aliphatic carbocycles. The molecule has 0 radical (unpaired) electrons. The van der Waals surface area contributed by atoms with Gasteiger partial charge in [-0.1, -0.05) is 0 Å². The molecule has 0 aromatic heterocycles. The summed E-state index contributed by atoms with van der Waals surface area (Å²) in [6, 6.07) is 3.33. The minimum Gasteiger partial charge on any atom is -0.398 e. The first-order valence-electron chi connectivity index (χ1n) is 6.23. The SMILES string of the molecule is CNC(=O)CCN(C)S(=O)(=O)c1cc(C)cc(N)c1C. The van der Waals surface area contributed by atoms with E-state index in [2.05, 4.69) is 5.32 Å². The number of amides is 1. The predicted octanol–water partition coefficient (Wildman–Crippen LogP) is 0.642. The Morgan fingerprint density at radius 1 is 1.35 bits per heavy atom. The summed E-state index contributed by atoms with van der Waals surface area (Å²) < 4.78 is 26.2. The zero-order valence-corrected chi connectivity index (χ0v) is 13.0. The van der Waals surface area contributed by atoms with Gasteiger partial charge in [-0.2, -0.15) is 0 Å². The zero-order valence-electron chi connectivity index (χ0n) is 12.2. The number of nitrogen functional groups attached to an aromatic ring is 1. The molecule has 1 amide bonds. The van der Waals surface area contributed by atoms with Crippen LogP contribution >= 0.6 is 0 Å². The fourth-order valence-electron chi connectivity index (χ4n) is 1.79. The monoisotopic (exact) mass is 299 g/mol. The standard InChI is InChI=1S/C13H21N3O3S/c1-9-7-11(14)10(2)12(8-9)20(18,19)16(4)6-5-13(17)15-3/h7-8H,5-6,14H2,1-4H3,(H,15,17). The van der Waals surface area contributed by atoms with E-state index in [1.165, 1.54) is 18.4 Å². The van der Waals surface area contributed by atoms with Crippen molar-refractivity contribution in [2.75, 3.05) is 26.4 Å². The molecular weight excluding hydrogens is 278 g/mol. The second kappa shape index (κ2) is 6.23. The number of nitrogens with one attached hydrogen (secondary N) is 1. The number of anilines is 1. The van der Waals surface area contributed by atoms with Gasteiger partial charge in [0.05, 0.1) is 4.90 Å². The van der Waals surface area contributed by atoms with Crippen LogP contribution in [0.15, 0.2) is 17.0 Å². The summed E-state index contributed by atoms with van der Waals surface area (Å²) in [4.78, 5) is 11.4. The molecule has 1 aromatic carbocycles. The molecule has 0 unspecified atom stereocenters. The smallest absolute Gasteiger partial charge is 0.243 e. The van der Waals surface area contributed by atoms with E-state index in [4.69, 9.17) is 5.73 Å². The first-order chi connectivity index (χ1) is 9.20. The number of carbonyl (C=O) groups is 1. The number of sulfonamides is 1. The number of carbonyl (C=O) groups excluding carboxylic acids is 1. The second-order valence-corrected chi connectivity index (χ2v) is 6.74. The molecule has 0 heterocycles. The minimum atomic E-state index is -3.65. The summed E-state index contributed by atoms with van der Waals surface area (Å²) in [5.74, 6) is -0.201. The van der Waals surface area contributed by atoms with E-state index in [1.807, 2.05) is 0 Å². The van der Waals surface area contributed by atoms with E-state index in [0.29, 0.717) is 11.3 Å². The van der Waals surface area contributed by atoms with Gasteiger partial charge in [0.15, 0.2) is 0 Å². The van der Waals surface area contributed by atoms with Gasteiger partial charge in [0.2, 0.25) is 15.9 Å². The lowest BCUT2D eigenvalue weighted by Crippen LogP contribution is -2.32. The molecule has 0 atom stereocenters. The Morgan fingerprint density at radius 3 is 2.50 bits per heavy atom. The van der Waals surface area contributed by atoms with Crippen molar-refractivity contribution < 1.29 is 13.2 Å². The molecule has 0 saturated carbocycles. The predicted molar refractivity (Wildman–Crippen MR) is 78.8 cm³/mol. The van der Waals surface area contributed by atoms with Gasteiger partial charge in [-0.3, -0.25) is 4.79 Å². The van der Waals surface area contributed by atoms with Crippen LogP contribution in [-0.2, 0) is 14.8 Å². The molecule has 6 nitrogen and oxygen atoms in total. The Hall–Kier alpha value is -1.60. The highest BCUT2D eigenvalue weighted by Gasteiger charge is 2.24. The van der Waals surface area contributed by atoms with Gasteiger partial charge in [0, 0.05) is 32.7 Å². The molecule has 0 spiro atoms. The minimum absolute atomic E-state index is 0.118. The Kier molecular flexibility index (Phi) is 5.13. The van der Waals surface area contributed by atoms with Crippen molar-refractivity contribution in [2.24, 2.45) is 0 Å². The van der Waals surface area contributed by atoms with Crippen LogP contribution in [0.25, 0.3) is 0 Å². The Labute approximate surface area is 120 Å². The van der Waals surface area contributed by atoms with E-state index >= 15 is 0 Å².